The summed E-state index contributed by atoms with van der Waals surface area (Å²) in [5.74, 6) is 0.671. The number of fused-ring (bicyclic) bond motifs is 1. The molecule has 0 saturated carbocycles. The highest BCUT2D eigenvalue weighted by Crippen LogP contribution is 2.32. The number of aromatic amines is 1. The number of likely N-dealkylation sites (tertiary alicyclic amines) is 1. The van der Waals surface area contributed by atoms with Crippen molar-refractivity contribution in [2.24, 2.45) is 0 Å². The van der Waals surface area contributed by atoms with Gasteiger partial charge in [0.2, 0.25) is 0 Å². The predicted molar refractivity (Wildman–Crippen MR) is 78.2 cm³/mol. The number of H-pyrrole nitrogens is 1. The zero-order chi connectivity index (χ0) is 14.1. The second-order valence-corrected chi connectivity index (χ2v) is 6.36. The Labute approximate surface area is 120 Å². The van der Waals surface area contributed by atoms with Crippen LogP contribution in [0.2, 0.25) is 0 Å². The van der Waals surface area contributed by atoms with Crippen LogP contribution in [0.25, 0.3) is 10.9 Å². The monoisotopic (exact) mass is 292 g/mol. The van der Waals surface area contributed by atoms with E-state index in [9.17, 15) is 8.76 Å². The Bertz CT molecular complexity index is 632. The van der Waals surface area contributed by atoms with E-state index in [0.717, 1.165) is 36.8 Å². The molecule has 1 aliphatic rings. The minimum atomic E-state index is -1.97. The fourth-order valence-corrected chi connectivity index (χ4v) is 3.64. The second-order valence-electron chi connectivity index (χ2n) is 5.49. The van der Waals surface area contributed by atoms with Crippen molar-refractivity contribution in [2.45, 2.75) is 25.7 Å². The molecule has 0 aliphatic carbocycles. The van der Waals surface area contributed by atoms with Crippen LogP contribution in [0.3, 0.4) is 0 Å². The van der Waals surface area contributed by atoms with Gasteiger partial charge in [0.05, 0.1) is 17.6 Å². The number of piperidine rings is 1. The van der Waals surface area contributed by atoms with Crippen LogP contribution in [-0.2, 0) is 11.1 Å². The summed E-state index contributed by atoms with van der Waals surface area (Å²) >= 11 is -1.97. The lowest BCUT2D eigenvalue weighted by molar-refractivity contribution is 0.239. The zero-order valence-corrected chi connectivity index (χ0v) is 12.3. The molecule has 0 bridgehead atoms. The molecule has 108 valence electrons. The molecule has 1 N–H and O–H groups in total. The van der Waals surface area contributed by atoms with Crippen LogP contribution in [0.4, 0.5) is 0 Å². The molecule has 2 aromatic rings. The number of hydrogen-bond donors (Lipinski definition) is 1. The number of nitrogens with zero attached hydrogens (tertiary/aromatic N) is 2. The molecule has 1 aromatic carbocycles. The predicted octanol–water partition coefficient (Wildman–Crippen LogP) is 1.89. The van der Waals surface area contributed by atoms with Crippen molar-refractivity contribution in [2.75, 3.05) is 19.0 Å². The summed E-state index contributed by atoms with van der Waals surface area (Å²) in [7, 11) is 0. The van der Waals surface area contributed by atoms with Crippen LogP contribution in [0.1, 0.15) is 29.9 Å². The number of hydrogen-bond acceptors (Lipinski definition) is 4. The Morgan fingerprint density at radius 1 is 1.45 bits per heavy atom. The van der Waals surface area contributed by atoms with Gasteiger partial charge in [0.15, 0.2) is 0 Å². The molecule has 1 unspecified atom stereocenters. The maximum absolute atomic E-state index is 10.7. The summed E-state index contributed by atoms with van der Waals surface area (Å²) < 4.78 is 21.5. The molecular weight excluding hydrogens is 274 g/mol. The quantitative estimate of drug-likeness (QED) is 0.877. The summed E-state index contributed by atoms with van der Waals surface area (Å²) in [6.45, 7) is 3.83. The third-order valence-electron chi connectivity index (χ3n) is 4.14. The van der Waals surface area contributed by atoms with Gasteiger partial charge in [-0.3, -0.25) is 14.2 Å². The molecule has 20 heavy (non-hydrogen) atoms. The fraction of sp³-hybridized carbons (Fsp3) is 0.500. The van der Waals surface area contributed by atoms with Crippen molar-refractivity contribution in [3.63, 3.8) is 0 Å². The fourth-order valence-electron chi connectivity index (χ4n) is 3.08. The second kappa shape index (κ2) is 5.63. The van der Waals surface area contributed by atoms with Gasteiger partial charge in [0.25, 0.3) is 0 Å². The van der Waals surface area contributed by atoms with E-state index in [2.05, 4.69) is 29.3 Å². The lowest BCUT2D eigenvalue weighted by atomic mass is 9.86. The van der Waals surface area contributed by atoms with Crippen molar-refractivity contribution in [1.82, 2.24) is 15.1 Å². The molecule has 1 aliphatic heterocycles. The first kappa shape index (κ1) is 13.7. The molecule has 6 heteroatoms. The van der Waals surface area contributed by atoms with Crippen molar-refractivity contribution in [3.8, 4) is 0 Å². The first-order chi connectivity index (χ1) is 9.63. The highest BCUT2D eigenvalue weighted by Gasteiger charge is 2.22. The number of aromatic nitrogens is 2. The minimum Gasteiger partial charge on any atom is -0.771 e. The van der Waals surface area contributed by atoms with Crippen molar-refractivity contribution in [1.29, 1.82) is 0 Å². The number of benzene rings is 1. The lowest BCUT2D eigenvalue weighted by Crippen LogP contribution is -2.35. The van der Waals surface area contributed by atoms with E-state index in [4.69, 9.17) is 0 Å². The highest BCUT2D eigenvalue weighted by atomic mass is 32.2. The van der Waals surface area contributed by atoms with Gasteiger partial charge in [-0.15, -0.1) is 0 Å². The van der Waals surface area contributed by atoms with E-state index >= 15 is 0 Å². The standard InChI is InChI=1S/C14H19N3O2S/c1-10-6-12-8-15-16-14(12)7-13(10)11-2-4-17(5-3-11)9-20(18)19/h6-8,11H,2-5,9H2,1H3,(H,15,16)(H,18,19)/p-1. The van der Waals surface area contributed by atoms with Crippen LogP contribution in [0, 0.1) is 6.92 Å². The first-order valence-corrected chi connectivity index (χ1v) is 8.10. The van der Waals surface area contributed by atoms with Gasteiger partial charge in [0.1, 0.15) is 0 Å². The molecule has 5 nitrogen and oxygen atoms in total. The summed E-state index contributed by atoms with van der Waals surface area (Å²) in [5.41, 5.74) is 3.74. The Hall–Kier alpha value is -1.24. The largest absolute Gasteiger partial charge is 0.771 e. The van der Waals surface area contributed by atoms with Crippen LogP contribution in [0.15, 0.2) is 18.3 Å². The van der Waals surface area contributed by atoms with Crippen LogP contribution < -0.4 is 0 Å². The number of nitrogens with one attached hydrogen (secondary N) is 1. The maximum atomic E-state index is 10.7. The molecule has 1 atom stereocenters. The van der Waals surface area contributed by atoms with Gasteiger partial charge >= 0.3 is 0 Å². The average molecular weight is 292 g/mol. The summed E-state index contributed by atoms with van der Waals surface area (Å²) in [6, 6.07) is 4.37. The molecule has 0 spiro atoms. The third kappa shape index (κ3) is 2.77. The van der Waals surface area contributed by atoms with E-state index in [-0.39, 0.29) is 5.88 Å². The van der Waals surface area contributed by atoms with Crippen molar-refractivity contribution >= 4 is 22.0 Å². The topological polar surface area (TPSA) is 72.0 Å². The van der Waals surface area contributed by atoms with Gasteiger partial charge in [0, 0.05) is 5.39 Å². The highest BCUT2D eigenvalue weighted by molar-refractivity contribution is 7.79. The Balaban J connectivity index is 1.76. The number of aryl methyl sites for hydroxylation is 1. The van der Waals surface area contributed by atoms with Gasteiger partial charge in [-0.25, -0.2) is 0 Å². The smallest absolute Gasteiger partial charge is 0.0653 e. The molecule has 1 aromatic heterocycles. The lowest BCUT2D eigenvalue weighted by Gasteiger charge is -2.33. The molecule has 1 fully saturated rings. The van der Waals surface area contributed by atoms with Crippen LogP contribution >= 0.6 is 0 Å². The minimum absolute atomic E-state index is 0.158. The molecule has 0 radical (unpaired) electrons. The number of rotatable bonds is 3. The average Bonchev–Trinajstić information content (AvgIpc) is 2.85. The summed E-state index contributed by atoms with van der Waals surface area (Å²) in [5, 5.41) is 8.23. The van der Waals surface area contributed by atoms with Crippen LogP contribution in [0.5, 0.6) is 0 Å². The Morgan fingerprint density at radius 2 is 2.20 bits per heavy atom. The normalized spacial score (nSPS) is 19.5. The van der Waals surface area contributed by atoms with Crippen molar-refractivity contribution in [3.05, 3.63) is 29.5 Å². The van der Waals surface area contributed by atoms with Gasteiger partial charge in [-0.2, -0.15) is 5.10 Å². The van der Waals surface area contributed by atoms with E-state index < -0.39 is 11.1 Å². The van der Waals surface area contributed by atoms with E-state index in [1.54, 1.807) is 0 Å². The maximum Gasteiger partial charge on any atom is 0.0653 e. The molecule has 0 amide bonds. The molecule has 3 rings (SSSR count). The molecule has 2 heterocycles. The Morgan fingerprint density at radius 3 is 2.90 bits per heavy atom. The summed E-state index contributed by atoms with van der Waals surface area (Å²) in [6.07, 6.45) is 3.87. The van der Waals surface area contributed by atoms with Gasteiger partial charge in [-0.1, -0.05) is 0 Å². The SMILES string of the molecule is Cc1cc2cn[nH]c2cc1C1CCN(CS(=O)[O-])CC1. The van der Waals surface area contributed by atoms with Crippen molar-refractivity contribution < 1.29 is 8.76 Å². The first-order valence-electron chi connectivity index (χ1n) is 6.85. The third-order valence-corrected chi connectivity index (χ3v) is 4.72. The molecule has 1 saturated heterocycles. The van der Waals surface area contributed by atoms with E-state index in [1.807, 2.05) is 11.1 Å². The van der Waals surface area contributed by atoms with Gasteiger partial charge in [-0.05, 0) is 73.1 Å². The zero-order valence-electron chi connectivity index (χ0n) is 11.5. The summed E-state index contributed by atoms with van der Waals surface area (Å²) in [4.78, 5) is 2.00. The molecular formula is C14H18N3O2S-. The van der Waals surface area contributed by atoms with E-state index in [0.29, 0.717) is 5.92 Å². The van der Waals surface area contributed by atoms with Gasteiger partial charge < -0.3 is 4.55 Å². The van der Waals surface area contributed by atoms with Crippen LogP contribution in [-0.4, -0.2) is 42.8 Å². The Kier molecular flexibility index (Phi) is 3.87. The van der Waals surface area contributed by atoms with E-state index in [1.165, 1.54) is 11.1 Å².